The molecule has 2 heterocycles. The van der Waals surface area contributed by atoms with Crippen LogP contribution in [0.25, 0.3) is 0 Å². The first-order valence-electron chi connectivity index (χ1n) is 8.84. The molecule has 1 saturated heterocycles. The number of likely N-dealkylation sites (N-methyl/N-ethyl adjacent to an activating group) is 1. The van der Waals surface area contributed by atoms with Crippen molar-refractivity contribution < 1.29 is 9.90 Å². The van der Waals surface area contributed by atoms with Crippen LogP contribution >= 0.6 is 0 Å². The van der Waals surface area contributed by atoms with E-state index in [-0.39, 0.29) is 23.9 Å². The summed E-state index contributed by atoms with van der Waals surface area (Å²) >= 11 is 0. The number of likely N-dealkylation sites (tertiary alicyclic amines) is 1. The maximum absolute atomic E-state index is 12.7. The lowest BCUT2D eigenvalue weighted by molar-refractivity contribution is -0.141. The summed E-state index contributed by atoms with van der Waals surface area (Å²) in [5.41, 5.74) is -1.05. The number of rotatable bonds is 4. The third-order valence-corrected chi connectivity index (χ3v) is 5.20. The van der Waals surface area contributed by atoms with E-state index in [1.807, 2.05) is 49.3 Å². The molecule has 1 aliphatic rings. The molecule has 1 fully saturated rings. The van der Waals surface area contributed by atoms with Gasteiger partial charge in [-0.3, -0.25) is 24.6 Å². The van der Waals surface area contributed by atoms with Gasteiger partial charge < -0.3 is 14.9 Å². The molecular weight excluding hydrogens is 348 g/mol. The van der Waals surface area contributed by atoms with Gasteiger partial charge in [0.25, 0.3) is 11.1 Å². The molecule has 8 heteroatoms. The first kappa shape index (κ1) is 19.1. The summed E-state index contributed by atoms with van der Waals surface area (Å²) in [6.45, 7) is 0.702. The number of piperidine rings is 1. The Balaban J connectivity index is 1.80. The van der Waals surface area contributed by atoms with Gasteiger partial charge in [0, 0.05) is 24.7 Å². The van der Waals surface area contributed by atoms with Crippen LogP contribution in [-0.2, 0) is 16.8 Å². The van der Waals surface area contributed by atoms with Gasteiger partial charge in [0.2, 0.25) is 5.91 Å². The molecule has 1 aromatic heterocycles. The fourth-order valence-corrected chi connectivity index (χ4v) is 3.67. The molecule has 3 N–H and O–H groups in total. The van der Waals surface area contributed by atoms with Crippen LogP contribution in [0.1, 0.15) is 17.5 Å². The van der Waals surface area contributed by atoms with E-state index >= 15 is 0 Å². The summed E-state index contributed by atoms with van der Waals surface area (Å²) in [6, 6.07) is 10.3. The third kappa shape index (κ3) is 3.86. The Kier molecular flexibility index (Phi) is 5.29. The summed E-state index contributed by atoms with van der Waals surface area (Å²) in [5.74, 6) is -0.243. The average molecular weight is 372 g/mol. The van der Waals surface area contributed by atoms with Crippen molar-refractivity contribution in [3.8, 4) is 0 Å². The lowest BCUT2D eigenvalue weighted by Crippen LogP contribution is -2.60. The Morgan fingerprint density at radius 3 is 2.63 bits per heavy atom. The Morgan fingerprint density at radius 1 is 1.26 bits per heavy atom. The monoisotopic (exact) mass is 372 g/mol. The van der Waals surface area contributed by atoms with E-state index in [1.54, 1.807) is 4.90 Å². The molecule has 1 amide bonds. The fraction of sp³-hybridized carbons (Fsp3) is 0.421. The zero-order valence-corrected chi connectivity index (χ0v) is 15.4. The first-order valence-corrected chi connectivity index (χ1v) is 8.84. The van der Waals surface area contributed by atoms with Crippen LogP contribution in [0, 0.1) is 0 Å². The van der Waals surface area contributed by atoms with Gasteiger partial charge in [0.15, 0.2) is 0 Å². The Labute approximate surface area is 156 Å². The number of aromatic amines is 2. The SMILES string of the molecule is CN(C)[C@@H]1CN(C(=O)Cc2cc(=O)[nH][nH]c2=O)CC[C@]1(O)c1ccccc1. The highest BCUT2D eigenvalue weighted by atomic mass is 16.3. The Morgan fingerprint density at radius 2 is 1.96 bits per heavy atom. The quantitative estimate of drug-likeness (QED) is 0.680. The molecule has 1 aliphatic heterocycles. The van der Waals surface area contributed by atoms with Crippen LogP contribution < -0.4 is 11.1 Å². The number of aromatic nitrogens is 2. The molecule has 2 atom stereocenters. The zero-order valence-electron chi connectivity index (χ0n) is 15.4. The molecule has 0 saturated carbocycles. The zero-order chi connectivity index (χ0) is 19.6. The number of hydrogen-bond donors (Lipinski definition) is 3. The summed E-state index contributed by atoms with van der Waals surface area (Å²) in [4.78, 5) is 39.5. The number of aliphatic hydroxyl groups is 1. The average Bonchev–Trinajstić information content (AvgIpc) is 2.65. The van der Waals surface area contributed by atoms with Crippen molar-refractivity contribution in [1.82, 2.24) is 20.0 Å². The van der Waals surface area contributed by atoms with Crippen molar-refractivity contribution in [2.45, 2.75) is 24.5 Å². The van der Waals surface area contributed by atoms with E-state index in [9.17, 15) is 19.5 Å². The van der Waals surface area contributed by atoms with E-state index in [0.29, 0.717) is 19.5 Å². The molecule has 27 heavy (non-hydrogen) atoms. The highest BCUT2D eigenvalue weighted by molar-refractivity contribution is 5.78. The highest BCUT2D eigenvalue weighted by Crippen LogP contribution is 2.35. The molecule has 0 unspecified atom stereocenters. The summed E-state index contributed by atoms with van der Waals surface area (Å²) in [5, 5.41) is 15.8. The standard InChI is InChI=1S/C19H24N4O4/c1-22(2)15-12-23(9-8-19(15,27)14-6-4-3-5-7-14)17(25)11-13-10-16(24)20-21-18(13)26/h3-7,10,15,27H,8-9,11-12H2,1-2H3,(H,20,24)(H,21,26)/t15-,19+/m1/s1. The van der Waals surface area contributed by atoms with Crippen molar-refractivity contribution in [1.29, 1.82) is 0 Å². The number of benzene rings is 1. The second kappa shape index (κ2) is 7.50. The fourth-order valence-electron chi connectivity index (χ4n) is 3.67. The van der Waals surface area contributed by atoms with Gasteiger partial charge in [-0.05, 0) is 26.1 Å². The first-order chi connectivity index (χ1) is 12.8. The summed E-state index contributed by atoms with van der Waals surface area (Å²) < 4.78 is 0. The number of carbonyl (C=O) groups excluding carboxylic acids is 1. The van der Waals surface area contributed by atoms with E-state index in [1.165, 1.54) is 0 Å². The molecule has 1 aromatic carbocycles. The minimum absolute atomic E-state index is 0.133. The lowest BCUT2D eigenvalue weighted by Gasteiger charge is -2.47. The van der Waals surface area contributed by atoms with Gasteiger partial charge in [-0.1, -0.05) is 30.3 Å². The maximum atomic E-state index is 12.7. The van der Waals surface area contributed by atoms with Crippen molar-refractivity contribution in [2.75, 3.05) is 27.2 Å². The summed E-state index contributed by atoms with van der Waals surface area (Å²) in [6.07, 6.45) is 0.237. The molecule has 144 valence electrons. The van der Waals surface area contributed by atoms with E-state index in [4.69, 9.17) is 0 Å². The number of H-pyrrole nitrogens is 2. The predicted molar refractivity (Wildman–Crippen MR) is 100 cm³/mol. The topological polar surface area (TPSA) is 110 Å². The number of carbonyl (C=O) groups is 1. The van der Waals surface area contributed by atoms with Gasteiger partial charge in [-0.15, -0.1) is 0 Å². The maximum Gasteiger partial charge on any atom is 0.266 e. The second-order valence-corrected chi connectivity index (χ2v) is 7.15. The minimum atomic E-state index is -1.07. The summed E-state index contributed by atoms with van der Waals surface area (Å²) in [7, 11) is 3.74. The van der Waals surface area contributed by atoms with Gasteiger partial charge >= 0.3 is 0 Å². The smallest absolute Gasteiger partial charge is 0.266 e. The van der Waals surface area contributed by atoms with Crippen LogP contribution in [0.2, 0.25) is 0 Å². The Hall–Kier alpha value is -2.71. The van der Waals surface area contributed by atoms with Crippen LogP contribution in [0.3, 0.4) is 0 Å². The number of nitrogens with zero attached hydrogens (tertiary/aromatic N) is 2. The molecule has 0 spiro atoms. The van der Waals surface area contributed by atoms with E-state index < -0.39 is 16.7 Å². The minimum Gasteiger partial charge on any atom is -0.383 e. The predicted octanol–water partition coefficient (Wildman–Crippen LogP) is -0.344. The van der Waals surface area contributed by atoms with Gasteiger partial charge in [-0.2, -0.15) is 0 Å². The largest absolute Gasteiger partial charge is 0.383 e. The van der Waals surface area contributed by atoms with Crippen molar-refractivity contribution >= 4 is 5.91 Å². The highest BCUT2D eigenvalue weighted by Gasteiger charge is 2.45. The number of nitrogens with one attached hydrogen (secondary N) is 2. The molecule has 0 radical (unpaired) electrons. The van der Waals surface area contributed by atoms with Crippen LogP contribution in [0.5, 0.6) is 0 Å². The van der Waals surface area contributed by atoms with Crippen molar-refractivity contribution in [3.63, 3.8) is 0 Å². The van der Waals surface area contributed by atoms with E-state index in [2.05, 4.69) is 10.2 Å². The van der Waals surface area contributed by atoms with Gasteiger partial charge in [-0.25, -0.2) is 0 Å². The van der Waals surface area contributed by atoms with Crippen LogP contribution in [0.4, 0.5) is 0 Å². The third-order valence-electron chi connectivity index (χ3n) is 5.20. The number of amides is 1. The molecule has 0 aliphatic carbocycles. The lowest BCUT2D eigenvalue weighted by atomic mass is 9.79. The molecule has 3 rings (SSSR count). The molecule has 2 aromatic rings. The van der Waals surface area contributed by atoms with E-state index in [0.717, 1.165) is 11.6 Å². The van der Waals surface area contributed by atoms with Gasteiger partial charge in [0.1, 0.15) is 5.60 Å². The van der Waals surface area contributed by atoms with Crippen LogP contribution in [0.15, 0.2) is 46.0 Å². The number of hydrogen-bond acceptors (Lipinski definition) is 5. The van der Waals surface area contributed by atoms with Crippen molar-refractivity contribution in [3.05, 3.63) is 68.2 Å². The Bertz CT molecular complexity index is 921. The molecule has 8 nitrogen and oxygen atoms in total. The second-order valence-electron chi connectivity index (χ2n) is 7.15. The van der Waals surface area contributed by atoms with Crippen LogP contribution in [-0.4, -0.2) is 64.2 Å². The van der Waals surface area contributed by atoms with Crippen molar-refractivity contribution in [2.24, 2.45) is 0 Å². The molecular formula is C19H24N4O4. The normalized spacial score (nSPS) is 22.8. The van der Waals surface area contributed by atoms with Gasteiger partial charge in [0.05, 0.1) is 12.5 Å². The molecule has 0 bridgehead atoms.